The molecule has 21 heavy (non-hydrogen) atoms. The van der Waals surface area contributed by atoms with E-state index < -0.39 is 5.82 Å². The minimum Gasteiger partial charge on any atom is -0.485 e. The van der Waals surface area contributed by atoms with Crippen LogP contribution in [0.5, 0.6) is 5.75 Å². The fraction of sp³-hybridized carbons (Fsp3) is 0.250. The van der Waals surface area contributed by atoms with Gasteiger partial charge in [-0.3, -0.25) is 0 Å². The number of nitrogens with one attached hydrogen (secondary N) is 1. The minimum atomic E-state index is -0.399. The molecule has 2 aromatic rings. The lowest BCUT2D eigenvalue weighted by molar-refractivity contribution is 0.285. The van der Waals surface area contributed by atoms with Gasteiger partial charge in [0.15, 0.2) is 11.6 Å². The van der Waals surface area contributed by atoms with E-state index in [1.165, 1.54) is 18.2 Å². The topological polar surface area (TPSA) is 21.3 Å². The Labute approximate surface area is 131 Å². The molecule has 0 saturated carbocycles. The van der Waals surface area contributed by atoms with Gasteiger partial charge >= 0.3 is 0 Å². The van der Waals surface area contributed by atoms with E-state index in [-0.39, 0.29) is 18.2 Å². The predicted octanol–water partition coefficient (Wildman–Crippen LogP) is 4.42. The van der Waals surface area contributed by atoms with Crippen molar-refractivity contribution in [3.63, 3.8) is 0 Å². The highest BCUT2D eigenvalue weighted by atomic mass is 79.9. The number of ether oxygens (including phenoxy) is 1. The number of rotatable bonds is 6. The van der Waals surface area contributed by atoms with E-state index in [9.17, 15) is 8.78 Å². The van der Waals surface area contributed by atoms with Crippen LogP contribution < -0.4 is 10.1 Å². The predicted molar refractivity (Wildman–Crippen MR) is 82.2 cm³/mol. The van der Waals surface area contributed by atoms with Gasteiger partial charge < -0.3 is 10.1 Å². The average Bonchev–Trinajstić information content (AvgIpc) is 2.45. The second kappa shape index (κ2) is 7.52. The number of benzene rings is 2. The Bertz CT molecular complexity index is 619. The Hall–Kier alpha value is -1.46. The summed E-state index contributed by atoms with van der Waals surface area (Å²) in [6.07, 6.45) is 0. The smallest absolute Gasteiger partial charge is 0.165 e. The van der Waals surface area contributed by atoms with Crippen LogP contribution >= 0.6 is 15.9 Å². The largest absolute Gasteiger partial charge is 0.485 e. The van der Waals surface area contributed by atoms with E-state index in [1.54, 1.807) is 12.1 Å². The monoisotopic (exact) mass is 355 g/mol. The van der Waals surface area contributed by atoms with Crippen molar-refractivity contribution in [2.24, 2.45) is 0 Å². The van der Waals surface area contributed by atoms with Gasteiger partial charge in [0.25, 0.3) is 0 Å². The molecule has 1 N–H and O–H groups in total. The van der Waals surface area contributed by atoms with Gasteiger partial charge in [0.1, 0.15) is 12.4 Å². The summed E-state index contributed by atoms with van der Waals surface area (Å²) in [4.78, 5) is 0. The lowest BCUT2D eigenvalue weighted by Crippen LogP contribution is -2.13. The van der Waals surface area contributed by atoms with Crippen LogP contribution in [0.3, 0.4) is 0 Å². The number of hydrogen-bond acceptors (Lipinski definition) is 2. The molecule has 0 aliphatic heterocycles. The summed E-state index contributed by atoms with van der Waals surface area (Å²) in [5.41, 5.74) is 1.52. The summed E-state index contributed by atoms with van der Waals surface area (Å²) in [6, 6.07) is 9.17. The molecule has 0 radical (unpaired) electrons. The Balaban J connectivity index is 2.15. The zero-order valence-electron chi connectivity index (χ0n) is 11.6. The van der Waals surface area contributed by atoms with Crippen molar-refractivity contribution in [3.8, 4) is 5.75 Å². The van der Waals surface area contributed by atoms with Crippen molar-refractivity contribution in [2.45, 2.75) is 20.1 Å². The van der Waals surface area contributed by atoms with E-state index in [0.717, 1.165) is 17.7 Å². The average molecular weight is 356 g/mol. The highest BCUT2D eigenvalue weighted by molar-refractivity contribution is 9.10. The molecule has 0 unspecified atom stereocenters. The third kappa shape index (κ3) is 4.25. The molecule has 0 fully saturated rings. The van der Waals surface area contributed by atoms with E-state index in [4.69, 9.17) is 4.74 Å². The molecule has 0 aliphatic carbocycles. The first-order chi connectivity index (χ1) is 10.1. The quantitative estimate of drug-likeness (QED) is 0.828. The second-order valence-electron chi connectivity index (χ2n) is 4.53. The van der Waals surface area contributed by atoms with Crippen LogP contribution in [0, 0.1) is 11.6 Å². The maximum atomic E-state index is 13.9. The van der Waals surface area contributed by atoms with Gasteiger partial charge in [-0.25, -0.2) is 8.78 Å². The van der Waals surface area contributed by atoms with Crippen LogP contribution in [-0.4, -0.2) is 6.54 Å². The van der Waals surface area contributed by atoms with E-state index in [0.29, 0.717) is 11.0 Å². The van der Waals surface area contributed by atoms with Crippen LogP contribution in [0.4, 0.5) is 8.78 Å². The summed E-state index contributed by atoms with van der Waals surface area (Å²) < 4.78 is 33.2. The molecule has 112 valence electrons. The molecule has 2 aromatic carbocycles. The number of hydrogen-bond donors (Lipinski definition) is 1. The highest BCUT2D eigenvalue weighted by Crippen LogP contribution is 2.25. The first-order valence-corrected chi connectivity index (χ1v) is 7.46. The number of para-hydroxylation sites is 1. The number of halogens is 3. The second-order valence-corrected chi connectivity index (χ2v) is 5.39. The van der Waals surface area contributed by atoms with Gasteiger partial charge in [-0.2, -0.15) is 0 Å². The van der Waals surface area contributed by atoms with Crippen molar-refractivity contribution < 1.29 is 13.5 Å². The van der Waals surface area contributed by atoms with Gasteiger partial charge in [0.2, 0.25) is 0 Å². The first-order valence-electron chi connectivity index (χ1n) is 6.66. The summed E-state index contributed by atoms with van der Waals surface area (Å²) in [5, 5.41) is 3.14. The molecule has 0 bridgehead atoms. The molecular weight excluding hydrogens is 340 g/mol. The van der Waals surface area contributed by atoms with Gasteiger partial charge in [-0.15, -0.1) is 0 Å². The lowest BCUT2D eigenvalue weighted by atomic mass is 10.2. The van der Waals surface area contributed by atoms with E-state index in [2.05, 4.69) is 21.2 Å². The van der Waals surface area contributed by atoms with Crippen molar-refractivity contribution in [3.05, 3.63) is 63.6 Å². The summed E-state index contributed by atoms with van der Waals surface area (Å²) in [5.74, 6) is -0.498. The Morgan fingerprint density at radius 2 is 1.95 bits per heavy atom. The van der Waals surface area contributed by atoms with Crippen LogP contribution in [0.25, 0.3) is 0 Å². The molecule has 2 nitrogen and oxygen atoms in total. The molecule has 0 heterocycles. The van der Waals surface area contributed by atoms with E-state index >= 15 is 0 Å². The summed E-state index contributed by atoms with van der Waals surface area (Å²) in [7, 11) is 0. The first kappa shape index (κ1) is 15.9. The molecule has 0 aromatic heterocycles. The fourth-order valence-electron chi connectivity index (χ4n) is 1.90. The Morgan fingerprint density at radius 3 is 2.67 bits per heavy atom. The van der Waals surface area contributed by atoms with Gasteiger partial charge in [0, 0.05) is 22.1 Å². The minimum absolute atomic E-state index is 0.168. The molecule has 0 amide bonds. The molecule has 2 rings (SSSR count). The SMILES string of the molecule is CCNCc1cccc(F)c1OCc1ccc(F)cc1Br. The van der Waals surface area contributed by atoms with Crippen molar-refractivity contribution in [1.29, 1.82) is 0 Å². The van der Waals surface area contributed by atoms with Crippen molar-refractivity contribution in [1.82, 2.24) is 5.32 Å². The molecule has 0 aliphatic rings. The third-order valence-electron chi connectivity index (χ3n) is 3.00. The van der Waals surface area contributed by atoms with Crippen molar-refractivity contribution >= 4 is 15.9 Å². The van der Waals surface area contributed by atoms with Gasteiger partial charge in [-0.05, 0) is 24.7 Å². The van der Waals surface area contributed by atoms with E-state index in [1.807, 2.05) is 13.0 Å². The van der Waals surface area contributed by atoms with Crippen LogP contribution in [0.1, 0.15) is 18.1 Å². The lowest BCUT2D eigenvalue weighted by Gasteiger charge is -2.13. The zero-order chi connectivity index (χ0) is 15.2. The maximum Gasteiger partial charge on any atom is 0.165 e. The molecular formula is C16H16BrF2NO. The summed E-state index contributed by atoms with van der Waals surface area (Å²) in [6.45, 7) is 3.48. The molecule has 5 heteroatoms. The normalized spacial score (nSPS) is 10.7. The third-order valence-corrected chi connectivity index (χ3v) is 3.74. The molecule has 0 spiro atoms. The standard InChI is InChI=1S/C16H16BrF2NO/c1-2-20-9-11-4-3-5-15(19)16(11)21-10-12-6-7-13(18)8-14(12)17/h3-8,20H,2,9-10H2,1H3. The molecule has 0 atom stereocenters. The zero-order valence-corrected chi connectivity index (χ0v) is 13.2. The fourth-order valence-corrected chi connectivity index (χ4v) is 2.37. The maximum absolute atomic E-state index is 13.9. The van der Waals surface area contributed by atoms with Crippen LogP contribution in [0.2, 0.25) is 0 Å². The molecule has 0 saturated heterocycles. The summed E-state index contributed by atoms with van der Waals surface area (Å²) >= 11 is 3.27. The van der Waals surface area contributed by atoms with Crippen LogP contribution in [0.15, 0.2) is 40.9 Å². The Morgan fingerprint density at radius 1 is 1.14 bits per heavy atom. The van der Waals surface area contributed by atoms with Gasteiger partial charge in [-0.1, -0.05) is 41.1 Å². The van der Waals surface area contributed by atoms with Crippen LogP contribution in [-0.2, 0) is 13.2 Å². The van der Waals surface area contributed by atoms with Gasteiger partial charge in [0.05, 0.1) is 0 Å². The van der Waals surface area contributed by atoms with Crippen molar-refractivity contribution in [2.75, 3.05) is 6.54 Å². The highest BCUT2D eigenvalue weighted by Gasteiger charge is 2.11. The Kier molecular flexibility index (Phi) is 5.70.